The number of thioether (sulfide) groups is 1. The zero-order chi connectivity index (χ0) is 10.6. The van der Waals surface area contributed by atoms with Gasteiger partial charge in [-0.05, 0) is 26.5 Å². The van der Waals surface area contributed by atoms with Crippen molar-refractivity contribution in [3.63, 3.8) is 0 Å². The standard InChI is InChI=1S/C11H24N2S/c1-5-14-7-6-13-9-11(3,4)12-8-10(13)2/h10,12H,5-9H2,1-4H3. The van der Waals surface area contributed by atoms with Crippen LogP contribution in [0, 0.1) is 0 Å². The fourth-order valence-electron chi connectivity index (χ4n) is 1.90. The summed E-state index contributed by atoms with van der Waals surface area (Å²) in [7, 11) is 0. The lowest BCUT2D eigenvalue weighted by Gasteiger charge is -2.43. The Morgan fingerprint density at radius 1 is 1.50 bits per heavy atom. The van der Waals surface area contributed by atoms with E-state index in [0.29, 0.717) is 11.6 Å². The minimum Gasteiger partial charge on any atom is -0.309 e. The fraction of sp³-hybridized carbons (Fsp3) is 1.00. The first kappa shape index (κ1) is 12.3. The van der Waals surface area contributed by atoms with Gasteiger partial charge < -0.3 is 5.32 Å². The van der Waals surface area contributed by atoms with Crippen molar-refractivity contribution >= 4 is 11.8 Å². The quantitative estimate of drug-likeness (QED) is 0.722. The molecule has 1 atom stereocenters. The highest BCUT2D eigenvalue weighted by Gasteiger charge is 2.29. The second kappa shape index (κ2) is 5.38. The average Bonchev–Trinajstić information content (AvgIpc) is 2.11. The van der Waals surface area contributed by atoms with Crippen LogP contribution in [0.3, 0.4) is 0 Å². The highest BCUT2D eigenvalue weighted by molar-refractivity contribution is 7.99. The van der Waals surface area contributed by atoms with Crippen LogP contribution in [-0.4, -0.2) is 47.6 Å². The molecule has 0 saturated carbocycles. The highest BCUT2D eigenvalue weighted by atomic mass is 32.2. The Labute approximate surface area is 92.8 Å². The molecule has 1 aliphatic heterocycles. The third kappa shape index (κ3) is 3.79. The third-order valence-corrected chi connectivity index (χ3v) is 3.70. The lowest BCUT2D eigenvalue weighted by molar-refractivity contribution is 0.112. The zero-order valence-corrected chi connectivity index (χ0v) is 10.8. The van der Waals surface area contributed by atoms with Gasteiger partial charge in [0, 0.05) is 37.0 Å². The number of hydrogen-bond acceptors (Lipinski definition) is 3. The smallest absolute Gasteiger partial charge is 0.0252 e. The average molecular weight is 216 g/mol. The van der Waals surface area contributed by atoms with E-state index in [1.54, 1.807) is 0 Å². The highest BCUT2D eigenvalue weighted by Crippen LogP contribution is 2.15. The molecule has 1 fully saturated rings. The predicted octanol–water partition coefficient (Wildman–Crippen LogP) is 1.81. The van der Waals surface area contributed by atoms with Crippen molar-refractivity contribution in [2.75, 3.05) is 31.1 Å². The van der Waals surface area contributed by atoms with Crippen molar-refractivity contribution in [2.24, 2.45) is 0 Å². The Morgan fingerprint density at radius 2 is 2.21 bits per heavy atom. The first-order valence-electron chi connectivity index (χ1n) is 5.62. The third-order valence-electron chi connectivity index (χ3n) is 2.82. The van der Waals surface area contributed by atoms with E-state index in [2.05, 4.69) is 37.9 Å². The van der Waals surface area contributed by atoms with Crippen LogP contribution in [0.4, 0.5) is 0 Å². The number of piperazine rings is 1. The van der Waals surface area contributed by atoms with Crippen molar-refractivity contribution in [2.45, 2.75) is 39.3 Å². The number of rotatable bonds is 4. The van der Waals surface area contributed by atoms with E-state index in [4.69, 9.17) is 0 Å². The fourth-order valence-corrected chi connectivity index (χ4v) is 2.55. The normalized spacial score (nSPS) is 27.9. The Morgan fingerprint density at radius 3 is 2.86 bits per heavy atom. The molecule has 0 aliphatic carbocycles. The van der Waals surface area contributed by atoms with Crippen LogP contribution in [0.1, 0.15) is 27.7 Å². The molecule has 2 nitrogen and oxygen atoms in total. The van der Waals surface area contributed by atoms with Crippen LogP contribution in [0.2, 0.25) is 0 Å². The molecule has 1 unspecified atom stereocenters. The molecule has 0 aromatic rings. The Balaban J connectivity index is 2.33. The molecule has 1 saturated heterocycles. The zero-order valence-electron chi connectivity index (χ0n) is 9.97. The topological polar surface area (TPSA) is 15.3 Å². The molecule has 0 bridgehead atoms. The predicted molar refractivity (Wildman–Crippen MR) is 66.1 cm³/mol. The van der Waals surface area contributed by atoms with Gasteiger partial charge in [0.05, 0.1) is 0 Å². The maximum absolute atomic E-state index is 3.58. The molecule has 0 amide bonds. The molecule has 1 heterocycles. The molecule has 0 aromatic heterocycles. The van der Waals surface area contributed by atoms with Gasteiger partial charge in [-0.2, -0.15) is 11.8 Å². The molecular formula is C11H24N2S. The van der Waals surface area contributed by atoms with E-state index in [1.165, 1.54) is 24.6 Å². The van der Waals surface area contributed by atoms with Gasteiger partial charge >= 0.3 is 0 Å². The second-order valence-electron chi connectivity index (χ2n) is 4.78. The minimum absolute atomic E-state index is 0.295. The Hall–Kier alpha value is 0.270. The van der Waals surface area contributed by atoms with E-state index in [0.717, 1.165) is 6.54 Å². The monoisotopic (exact) mass is 216 g/mol. The summed E-state index contributed by atoms with van der Waals surface area (Å²) in [6.07, 6.45) is 0. The van der Waals surface area contributed by atoms with Crippen LogP contribution in [0.5, 0.6) is 0 Å². The Bertz CT molecular complexity index is 171. The first-order valence-corrected chi connectivity index (χ1v) is 6.77. The van der Waals surface area contributed by atoms with Crippen molar-refractivity contribution in [1.29, 1.82) is 0 Å². The molecule has 84 valence electrons. The van der Waals surface area contributed by atoms with E-state index in [1.807, 2.05) is 11.8 Å². The van der Waals surface area contributed by atoms with E-state index >= 15 is 0 Å². The van der Waals surface area contributed by atoms with Crippen LogP contribution < -0.4 is 5.32 Å². The number of nitrogens with zero attached hydrogens (tertiary/aromatic N) is 1. The van der Waals surface area contributed by atoms with E-state index in [-0.39, 0.29) is 0 Å². The summed E-state index contributed by atoms with van der Waals surface area (Å²) in [5.74, 6) is 2.51. The summed E-state index contributed by atoms with van der Waals surface area (Å²) >= 11 is 2.04. The van der Waals surface area contributed by atoms with Crippen molar-refractivity contribution < 1.29 is 0 Å². The largest absolute Gasteiger partial charge is 0.309 e. The van der Waals surface area contributed by atoms with Gasteiger partial charge in [-0.3, -0.25) is 4.90 Å². The molecule has 14 heavy (non-hydrogen) atoms. The molecule has 1 aliphatic rings. The van der Waals surface area contributed by atoms with Gasteiger partial charge in [0.25, 0.3) is 0 Å². The maximum Gasteiger partial charge on any atom is 0.0252 e. The van der Waals surface area contributed by atoms with Gasteiger partial charge in [0.2, 0.25) is 0 Å². The summed E-state index contributed by atoms with van der Waals surface area (Å²) in [6, 6.07) is 0.695. The van der Waals surface area contributed by atoms with Gasteiger partial charge in [-0.1, -0.05) is 6.92 Å². The van der Waals surface area contributed by atoms with E-state index in [9.17, 15) is 0 Å². The van der Waals surface area contributed by atoms with Gasteiger partial charge in [-0.15, -0.1) is 0 Å². The Kier molecular flexibility index (Phi) is 4.74. The van der Waals surface area contributed by atoms with Crippen molar-refractivity contribution in [3.05, 3.63) is 0 Å². The van der Waals surface area contributed by atoms with Crippen LogP contribution in [-0.2, 0) is 0 Å². The summed E-state index contributed by atoms with van der Waals surface area (Å²) in [5, 5.41) is 3.58. The molecule has 0 aromatic carbocycles. The molecular weight excluding hydrogens is 192 g/mol. The second-order valence-corrected chi connectivity index (χ2v) is 6.18. The van der Waals surface area contributed by atoms with Crippen LogP contribution >= 0.6 is 11.8 Å². The molecule has 0 spiro atoms. The SMILES string of the molecule is CCSCCN1CC(C)(C)NCC1C. The van der Waals surface area contributed by atoms with Crippen LogP contribution in [0.25, 0.3) is 0 Å². The lowest BCUT2D eigenvalue weighted by atomic mass is 9.99. The molecule has 0 radical (unpaired) electrons. The minimum atomic E-state index is 0.295. The molecule has 1 N–H and O–H groups in total. The first-order chi connectivity index (χ1) is 6.55. The number of nitrogens with one attached hydrogen (secondary N) is 1. The summed E-state index contributed by atoms with van der Waals surface area (Å²) in [5.41, 5.74) is 0.295. The number of hydrogen-bond donors (Lipinski definition) is 1. The van der Waals surface area contributed by atoms with Crippen molar-refractivity contribution in [3.8, 4) is 0 Å². The summed E-state index contributed by atoms with van der Waals surface area (Å²) < 4.78 is 0. The van der Waals surface area contributed by atoms with Gasteiger partial charge in [-0.25, -0.2) is 0 Å². The lowest BCUT2D eigenvalue weighted by Crippen LogP contribution is -2.61. The maximum atomic E-state index is 3.58. The van der Waals surface area contributed by atoms with Gasteiger partial charge in [0.15, 0.2) is 0 Å². The van der Waals surface area contributed by atoms with Crippen LogP contribution in [0.15, 0.2) is 0 Å². The summed E-state index contributed by atoms with van der Waals surface area (Å²) in [6.45, 7) is 12.7. The van der Waals surface area contributed by atoms with Gasteiger partial charge in [0.1, 0.15) is 0 Å². The molecule has 1 rings (SSSR count). The summed E-state index contributed by atoms with van der Waals surface area (Å²) in [4.78, 5) is 2.61. The molecule has 3 heteroatoms. The van der Waals surface area contributed by atoms with Crippen molar-refractivity contribution in [1.82, 2.24) is 10.2 Å². The van der Waals surface area contributed by atoms with E-state index < -0.39 is 0 Å².